The van der Waals surface area contributed by atoms with Crippen LogP contribution in [0, 0.1) is 28.8 Å². The summed E-state index contributed by atoms with van der Waals surface area (Å²) in [6, 6.07) is 8.26. The molecule has 3 rings (SSSR count). The Bertz CT molecular complexity index is 882. The van der Waals surface area contributed by atoms with E-state index in [-0.39, 0.29) is 11.7 Å². The molecule has 0 aromatic heterocycles. The zero-order valence-electron chi connectivity index (χ0n) is 16.3. The van der Waals surface area contributed by atoms with Crippen molar-refractivity contribution in [3.63, 3.8) is 0 Å². The molecule has 0 spiro atoms. The first-order valence-corrected chi connectivity index (χ1v) is 10.2. The second-order valence-corrected chi connectivity index (χ2v) is 7.76. The van der Waals surface area contributed by atoms with Crippen molar-refractivity contribution >= 4 is 0 Å². The molecule has 1 atom stereocenters. The molecular weight excluding hydrogens is 359 g/mol. The number of rotatable bonds is 7. The van der Waals surface area contributed by atoms with E-state index in [1.165, 1.54) is 31.7 Å². The van der Waals surface area contributed by atoms with E-state index in [9.17, 15) is 13.2 Å². The molecule has 1 aliphatic rings. The Morgan fingerprint density at radius 2 is 1.82 bits per heavy atom. The average molecular weight is 385 g/mol. The first kappa shape index (κ1) is 20.5. The van der Waals surface area contributed by atoms with Gasteiger partial charge in [0.1, 0.15) is 29.1 Å². The van der Waals surface area contributed by atoms with Gasteiger partial charge in [-0.1, -0.05) is 44.7 Å². The van der Waals surface area contributed by atoms with Gasteiger partial charge in [0, 0.05) is 0 Å². The Hall–Kier alpha value is -2.28. The lowest BCUT2D eigenvalue weighted by Crippen LogP contribution is -2.17. The fraction of sp³-hybridized carbons (Fsp3) is 0.458. The second kappa shape index (κ2) is 9.28. The van der Waals surface area contributed by atoms with Gasteiger partial charge in [0.15, 0.2) is 0 Å². The molecule has 0 radical (unpaired) electrons. The van der Waals surface area contributed by atoms with E-state index < -0.39 is 17.2 Å². The summed E-state index contributed by atoms with van der Waals surface area (Å²) in [6.07, 6.45) is 8.15. The van der Waals surface area contributed by atoms with Crippen molar-refractivity contribution in [3.05, 3.63) is 69.5 Å². The number of aryl methyl sites for hydroxylation is 1. The molecular formula is C24H26F3N. The van der Waals surface area contributed by atoms with Crippen LogP contribution in [0.25, 0.3) is 0 Å². The lowest BCUT2D eigenvalue weighted by molar-refractivity contribution is 0.502. The van der Waals surface area contributed by atoms with Crippen LogP contribution in [-0.2, 0) is 19.3 Å². The summed E-state index contributed by atoms with van der Waals surface area (Å²) in [5.74, 6) is -1.92. The Morgan fingerprint density at radius 1 is 1.04 bits per heavy atom. The minimum atomic E-state index is -0.835. The summed E-state index contributed by atoms with van der Waals surface area (Å²) in [7, 11) is 0. The van der Waals surface area contributed by atoms with Crippen molar-refractivity contribution in [2.75, 3.05) is 0 Å². The predicted molar refractivity (Wildman–Crippen MR) is 105 cm³/mol. The summed E-state index contributed by atoms with van der Waals surface area (Å²) in [5, 5.41) is 8.92. The zero-order valence-corrected chi connectivity index (χ0v) is 16.3. The van der Waals surface area contributed by atoms with Gasteiger partial charge >= 0.3 is 0 Å². The minimum Gasteiger partial charge on any atom is -0.207 e. The Labute approximate surface area is 165 Å². The lowest BCUT2D eigenvalue weighted by Gasteiger charge is -2.26. The smallest absolute Gasteiger partial charge is 0.147 e. The van der Waals surface area contributed by atoms with Crippen molar-refractivity contribution in [1.29, 1.82) is 5.26 Å². The fourth-order valence-corrected chi connectivity index (χ4v) is 4.21. The topological polar surface area (TPSA) is 23.8 Å². The van der Waals surface area contributed by atoms with Crippen molar-refractivity contribution in [3.8, 4) is 6.07 Å². The number of unbranched alkanes of at least 4 members (excludes halogenated alkanes) is 4. The normalized spacial score (nSPS) is 15.9. The highest BCUT2D eigenvalue weighted by molar-refractivity contribution is 5.44. The van der Waals surface area contributed by atoms with Crippen LogP contribution in [0.15, 0.2) is 24.3 Å². The van der Waals surface area contributed by atoms with Crippen LogP contribution in [0.5, 0.6) is 0 Å². The molecule has 0 amide bonds. The van der Waals surface area contributed by atoms with Gasteiger partial charge < -0.3 is 0 Å². The van der Waals surface area contributed by atoms with E-state index in [4.69, 9.17) is 5.26 Å². The highest BCUT2D eigenvalue weighted by Crippen LogP contribution is 2.36. The molecule has 0 aliphatic heterocycles. The number of halogens is 3. The van der Waals surface area contributed by atoms with Crippen LogP contribution in [0.3, 0.4) is 0 Å². The maximum atomic E-state index is 14.7. The number of nitrogens with zero attached hydrogens (tertiary/aromatic N) is 1. The third kappa shape index (κ3) is 4.41. The molecule has 2 aromatic carbocycles. The van der Waals surface area contributed by atoms with Crippen LogP contribution in [0.2, 0.25) is 0 Å². The van der Waals surface area contributed by atoms with Crippen LogP contribution in [0.4, 0.5) is 13.2 Å². The monoisotopic (exact) mass is 385 g/mol. The highest BCUT2D eigenvalue weighted by Gasteiger charge is 2.27. The van der Waals surface area contributed by atoms with Gasteiger partial charge in [-0.3, -0.25) is 0 Å². The number of hydrogen-bond donors (Lipinski definition) is 0. The summed E-state index contributed by atoms with van der Waals surface area (Å²) < 4.78 is 43.0. The highest BCUT2D eigenvalue weighted by atomic mass is 19.1. The van der Waals surface area contributed by atoms with Crippen LogP contribution < -0.4 is 0 Å². The SMILES string of the molecule is CCCCCCCc1ccc(C2CCc3c(cc(F)c(C#N)c3F)C2)c(F)c1. The molecule has 2 aromatic rings. The second-order valence-electron chi connectivity index (χ2n) is 7.76. The number of nitriles is 1. The van der Waals surface area contributed by atoms with Gasteiger partial charge in [-0.25, -0.2) is 13.2 Å². The summed E-state index contributed by atoms with van der Waals surface area (Å²) in [6.45, 7) is 2.18. The van der Waals surface area contributed by atoms with Crippen LogP contribution in [-0.4, -0.2) is 0 Å². The largest absolute Gasteiger partial charge is 0.207 e. The molecule has 1 aliphatic carbocycles. The maximum Gasteiger partial charge on any atom is 0.147 e. The summed E-state index contributed by atoms with van der Waals surface area (Å²) in [5.41, 5.74) is 2.05. The van der Waals surface area contributed by atoms with Crippen LogP contribution >= 0.6 is 0 Å². The van der Waals surface area contributed by atoms with E-state index in [1.54, 1.807) is 12.1 Å². The van der Waals surface area contributed by atoms with Gasteiger partial charge in [-0.2, -0.15) is 5.26 Å². The van der Waals surface area contributed by atoms with Crippen molar-refractivity contribution in [2.45, 2.75) is 70.6 Å². The molecule has 148 valence electrons. The van der Waals surface area contributed by atoms with Gasteiger partial charge in [-0.15, -0.1) is 0 Å². The van der Waals surface area contributed by atoms with E-state index in [0.29, 0.717) is 36.0 Å². The molecule has 4 heteroatoms. The number of benzene rings is 2. The fourth-order valence-electron chi connectivity index (χ4n) is 4.21. The molecule has 0 saturated carbocycles. The molecule has 0 fully saturated rings. The first-order valence-electron chi connectivity index (χ1n) is 10.2. The number of fused-ring (bicyclic) bond motifs is 1. The van der Waals surface area contributed by atoms with Gasteiger partial charge in [-0.05, 0) is 72.4 Å². The van der Waals surface area contributed by atoms with E-state index in [0.717, 1.165) is 18.4 Å². The molecule has 1 unspecified atom stereocenters. The first-order chi connectivity index (χ1) is 13.5. The number of hydrogen-bond acceptors (Lipinski definition) is 1. The van der Waals surface area contributed by atoms with Gasteiger partial charge in [0.25, 0.3) is 0 Å². The lowest BCUT2D eigenvalue weighted by atomic mass is 9.79. The Kier molecular flexibility index (Phi) is 6.78. The Morgan fingerprint density at radius 3 is 2.54 bits per heavy atom. The van der Waals surface area contributed by atoms with Crippen molar-refractivity contribution < 1.29 is 13.2 Å². The molecule has 0 N–H and O–H groups in total. The molecule has 1 nitrogen and oxygen atoms in total. The van der Waals surface area contributed by atoms with E-state index in [2.05, 4.69) is 6.92 Å². The maximum absolute atomic E-state index is 14.7. The predicted octanol–water partition coefficient (Wildman–Crippen LogP) is 6.76. The molecule has 0 bridgehead atoms. The van der Waals surface area contributed by atoms with E-state index in [1.807, 2.05) is 12.1 Å². The summed E-state index contributed by atoms with van der Waals surface area (Å²) in [4.78, 5) is 0. The zero-order chi connectivity index (χ0) is 20.1. The van der Waals surface area contributed by atoms with Crippen molar-refractivity contribution in [2.24, 2.45) is 0 Å². The molecule has 0 saturated heterocycles. The van der Waals surface area contributed by atoms with Gasteiger partial charge in [0.2, 0.25) is 0 Å². The van der Waals surface area contributed by atoms with Crippen molar-refractivity contribution in [1.82, 2.24) is 0 Å². The average Bonchev–Trinajstić information content (AvgIpc) is 2.68. The summed E-state index contributed by atoms with van der Waals surface area (Å²) >= 11 is 0. The molecule has 0 heterocycles. The minimum absolute atomic E-state index is 0.0992. The van der Waals surface area contributed by atoms with Crippen LogP contribution in [0.1, 0.15) is 79.2 Å². The third-order valence-electron chi connectivity index (χ3n) is 5.81. The molecule has 28 heavy (non-hydrogen) atoms. The Balaban J connectivity index is 1.71. The standard InChI is InChI=1S/C24H26F3N/c1-2-3-4-5-6-7-16-8-10-19(22(25)12-16)17-9-11-20-18(13-17)14-23(26)21(15-28)24(20)27/h8,10,12,14,17H,2-7,9,11,13H2,1H3. The van der Waals surface area contributed by atoms with Gasteiger partial charge in [0.05, 0.1) is 0 Å². The quantitative estimate of drug-likeness (QED) is 0.483. The van der Waals surface area contributed by atoms with E-state index >= 15 is 0 Å². The third-order valence-corrected chi connectivity index (χ3v) is 5.81.